The Morgan fingerprint density at radius 2 is 2.00 bits per heavy atom. The van der Waals surface area contributed by atoms with E-state index in [1.165, 1.54) is 19.4 Å². The van der Waals surface area contributed by atoms with E-state index in [-0.39, 0.29) is 18.2 Å². The fourth-order valence-corrected chi connectivity index (χ4v) is 3.49. The number of nitrogens with zero attached hydrogens (tertiary/aromatic N) is 3. The molecule has 3 aromatic rings. The molecule has 0 aliphatic carbocycles. The highest BCUT2D eigenvalue weighted by Gasteiger charge is 2.15. The Hall–Kier alpha value is -3.46. The maximum Gasteiger partial charge on any atom is 0.316 e. The van der Waals surface area contributed by atoms with Crippen LogP contribution in [0.4, 0.5) is 26.1 Å². The van der Waals surface area contributed by atoms with Gasteiger partial charge in [0.1, 0.15) is 0 Å². The van der Waals surface area contributed by atoms with Crippen molar-refractivity contribution in [3.63, 3.8) is 0 Å². The number of ether oxygens (including phenoxy) is 1. The Labute approximate surface area is 184 Å². The third kappa shape index (κ3) is 4.72. The molecule has 0 spiro atoms. The van der Waals surface area contributed by atoms with Crippen molar-refractivity contribution in [2.24, 2.45) is 0 Å². The molecule has 0 amide bonds. The summed E-state index contributed by atoms with van der Waals surface area (Å²) in [6.07, 6.45) is 3.57. The van der Waals surface area contributed by atoms with Crippen molar-refractivity contribution in [1.29, 1.82) is 0 Å². The van der Waals surface area contributed by atoms with E-state index < -0.39 is 17.2 Å². The van der Waals surface area contributed by atoms with E-state index in [0.717, 1.165) is 48.5 Å². The predicted molar refractivity (Wildman–Crippen MR) is 118 cm³/mol. The van der Waals surface area contributed by atoms with Gasteiger partial charge in [-0.2, -0.15) is 4.98 Å². The van der Waals surface area contributed by atoms with Crippen LogP contribution in [0.25, 0.3) is 0 Å². The van der Waals surface area contributed by atoms with E-state index in [1.807, 2.05) is 30.2 Å². The zero-order valence-corrected chi connectivity index (χ0v) is 17.9. The van der Waals surface area contributed by atoms with Crippen LogP contribution in [-0.2, 0) is 11.4 Å². The minimum atomic E-state index is -0.942. The van der Waals surface area contributed by atoms with E-state index >= 15 is 0 Å². The van der Waals surface area contributed by atoms with Crippen LogP contribution < -0.4 is 20.7 Å². The van der Waals surface area contributed by atoms with Crippen molar-refractivity contribution >= 4 is 17.3 Å². The number of hydroxylamine groups is 1. The molecule has 0 radical (unpaired) electrons. The van der Waals surface area contributed by atoms with Crippen LogP contribution in [-0.4, -0.2) is 29.8 Å². The summed E-state index contributed by atoms with van der Waals surface area (Å²) in [6.45, 7) is 3.55. The van der Waals surface area contributed by atoms with Gasteiger partial charge in [0.15, 0.2) is 11.6 Å². The zero-order chi connectivity index (χ0) is 22.7. The van der Waals surface area contributed by atoms with Crippen LogP contribution in [0.15, 0.2) is 47.4 Å². The van der Waals surface area contributed by atoms with E-state index in [0.29, 0.717) is 12.2 Å². The molecule has 32 heavy (non-hydrogen) atoms. The summed E-state index contributed by atoms with van der Waals surface area (Å²) in [5.41, 5.74) is 2.54. The quantitative estimate of drug-likeness (QED) is 0.618. The first kappa shape index (κ1) is 21.8. The smallest absolute Gasteiger partial charge is 0.316 e. The van der Waals surface area contributed by atoms with Crippen LogP contribution in [0, 0.1) is 18.6 Å². The topological polar surface area (TPSA) is 68.6 Å². The highest BCUT2D eigenvalue weighted by molar-refractivity contribution is 5.65. The molecule has 0 atom stereocenters. The summed E-state index contributed by atoms with van der Waals surface area (Å²) >= 11 is 0. The highest BCUT2D eigenvalue weighted by atomic mass is 19.2. The van der Waals surface area contributed by atoms with E-state index in [4.69, 9.17) is 9.57 Å². The van der Waals surface area contributed by atoms with Crippen LogP contribution >= 0.6 is 0 Å². The highest BCUT2D eigenvalue weighted by Crippen LogP contribution is 2.28. The monoisotopic (exact) mass is 442 g/mol. The molecule has 0 unspecified atom stereocenters. The average Bonchev–Trinajstić information content (AvgIpc) is 2.80. The van der Waals surface area contributed by atoms with E-state index in [9.17, 15) is 13.6 Å². The standard InChI is InChI=1S/C23H24F2N4O3/c1-15-5-7-17(29-9-3-4-10-32-29)12-20(15)26-23-27-22(30)21(31-2)14-28(23)13-16-6-8-18(24)19(25)11-16/h5-8,11-12,14H,3-4,9-10,13H2,1-2H3,(H,26,27,30). The zero-order valence-electron chi connectivity index (χ0n) is 17.9. The normalized spacial score (nSPS) is 13.8. The number of aromatic nitrogens is 2. The molecule has 2 heterocycles. The Kier molecular flexibility index (Phi) is 6.36. The molecule has 1 fully saturated rings. The van der Waals surface area contributed by atoms with Crippen LogP contribution in [0.2, 0.25) is 0 Å². The summed E-state index contributed by atoms with van der Waals surface area (Å²) < 4.78 is 33.8. The van der Waals surface area contributed by atoms with Gasteiger partial charge in [0.05, 0.1) is 32.1 Å². The molecule has 2 aromatic carbocycles. The van der Waals surface area contributed by atoms with Gasteiger partial charge in [-0.05, 0) is 55.2 Å². The third-order valence-corrected chi connectivity index (χ3v) is 5.28. The van der Waals surface area contributed by atoms with Crippen LogP contribution in [0.5, 0.6) is 5.75 Å². The summed E-state index contributed by atoms with van der Waals surface area (Å²) in [5, 5.41) is 5.06. The van der Waals surface area contributed by atoms with Gasteiger partial charge in [0.25, 0.3) is 0 Å². The first-order valence-electron chi connectivity index (χ1n) is 10.3. The molecule has 0 saturated carbocycles. The largest absolute Gasteiger partial charge is 0.490 e. The number of rotatable bonds is 6. The van der Waals surface area contributed by atoms with Gasteiger partial charge in [0.2, 0.25) is 11.7 Å². The number of methoxy groups -OCH3 is 1. The lowest BCUT2D eigenvalue weighted by atomic mass is 10.1. The Morgan fingerprint density at radius 3 is 2.72 bits per heavy atom. The van der Waals surface area contributed by atoms with Crippen molar-refractivity contribution < 1.29 is 18.4 Å². The van der Waals surface area contributed by atoms with E-state index in [2.05, 4.69) is 10.3 Å². The number of nitrogens with one attached hydrogen (secondary N) is 1. The third-order valence-electron chi connectivity index (χ3n) is 5.28. The molecule has 9 heteroatoms. The van der Waals surface area contributed by atoms with Crippen LogP contribution in [0.3, 0.4) is 0 Å². The first-order valence-corrected chi connectivity index (χ1v) is 10.3. The Bertz CT molecular complexity index is 1180. The number of halogens is 2. The molecule has 1 N–H and O–H groups in total. The fourth-order valence-electron chi connectivity index (χ4n) is 3.49. The van der Waals surface area contributed by atoms with Gasteiger partial charge in [-0.1, -0.05) is 12.1 Å². The molecule has 4 rings (SSSR count). The van der Waals surface area contributed by atoms with Gasteiger partial charge in [-0.25, -0.2) is 8.78 Å². The van der Waals surface area contributed by atoms with Crippen molar-refractivity contribution in [3.8, 4) is 5.75 Å². The molecular weight excluding hydrogens is 418 g/mol. The average molecular weight is 442 g/mol. The molecular formula is C23H24F2N4O3. The van der Waals surface area contributed by atoms with Crippen molar-refractivity contribution in [2.45, 2.75) is 26.3 Å². The first-order chi connectivity index (χ1) is 15.4. The summed E-state index contributed by atoms with van der Waals surface area (Å²) in [7, 11) is 1.37. The maximum absolute atomic E-state index is 13.7. The van der Waals surface area contributed by atoms with Gasteiger partial charge in [-0.15, -0.1) is 0 Å². The number of hydrogen-bond donors (Lipinski definition) is 1. The maximum atomic E-state index is 13.7. The minimum Gasteiger partial charge on any atom is -0.490 e. The van der Waals surface area contributed by atoms with Crippen LogP contribution in [0.1, 0.15) is 24.0 Å². The lowest BCUT2D eigenvalue weighted by Gasteiger charge is -2.28. The van der Waals surface area contributed by atoms with Crippen molar-refractivity contribution in [2.75, 3.05) is 30.6 Å². The molecule has 168 valence electrons. The molecule has 1 aromatic heterocycles. The molecule has 1 aliphatic rings. The summed E-state index contributed by atoms with van der Waals surface area (Å²) in [4.78, 5) is 22.2. The lowest BCUT2D eigenvalue weighted by Crippen LogP contribution is -2.29. The second kappa shape index (κ2) is 9.35. The summed E-state index contributed by atoms with van der Waals surface area (Å²) in [6, 6.07) is 9.52. The molecule has 0 bridgehead atoms. The summed E-state index contributed by atoms with van der Waals surface area (Å²) in [5.74, 6) is -1.57. The minimum absolute atomic E-state index is 0.0466. The number of benzene rings is 2. The number of anilines is 3. The van der Waals surface area contributed by atoms with Gasteiger partial charge < -0.3 is 14.6 Å². The van der Waals surface area contributed by atoms with E-state index in [1.54, 1.807) is 4.57 Å². The van der Waals surface area contributed by atoms with Crippen molar-refractivity contribution in [1.82, 2.24) is 9.55 Å². The second-order valence-electron chi connectivity index (χ2n) is 7.58. The number of aryl methyl sites for hydroxylation is 1. The lowest BCUT2D eigenvalue weighted by molar-refractivity contribution is 0.0778. The van der Waals surface area contributed by atoms with Gasteiger partial charge >= 0.3 is 5.56 Å². The predicted octanol–water partition coefficient (Wildman–Crippen LogP) is 4.16. The fraction of sp³-hybridized carbons (Fsp3) is 0.304. The Morgan fingerprint density at radius 1 is 1.16 bits per heavy atom. The number of hydrogen-bond acceptors (Lipinski definition) is 6. The Balaban J connectivity index is 1.69. The second-order valence-corrected chi connectivity index (χ2v) is 7.58. The van der Waals surface area contributed by atoms with Gasteiger partial charge in [0, 0.05) is 12.2 Å². The van der Waals surface area contributed by atoms with Gasteiger partial charge in [-0.3, -0.25) is 14.7 Å². The molecule has 7 nitrogen and oxygen atoms in total. The SMILES string of the molecule is COc1cn(Cc2ccc(F)c(F)c2)c(Nc2cc(N3CCCCO3)ccc2C)nc1=O. The van der Waals surface area contributed by atoms with Crippen molar-refractivity contribution in [3.05, 3.63) is 75.7 Å². The molecule has 1 aliphatic heterocycles. The molecule has 1 saturated heterocycles.